The molecule has 0 radical (unpaired) electrons. The van der Waals surface area contributed by atoms with Crippen LogP contribution in [0.15, 0.2) is 42.6 Å². The number of nitrogens with zero attached hydrogens (tertiary/aromatic N) is 1. The third kappa shape index (κ3) is 7.87. The van der Waals surface area contributed by atoms with Gasteiger partial charge in [-0.25, -0.2) is 9.78 Å². The maximum atomic E-state index is 13.4. The standard InChI is InChI=1S/C28H34N2O9S/c1-16(2)26(32)39-23-17(3)38-28(34)20(14-36-27(33)19(23)13-18-9-7-6-8-10-18)30-25(31)22-24(37-15-40-5)21(35-4)11-12-29-22/h6-12,16-17,19-20,23H,13-15H2,1-5H3,(H,30,31)/t17-,19?,20-,23-/m0/s1. The molecule has 1 amide bonds. The van der Waals surface area contributed by atoms with Crippen molar-refractivity contribution in [2.45, 2.75) is 45.4 Å². The van der Waals surface area contributed by atoms with E-state index in [0.29, 0.717) is 0 Å². The lowest BCUT2D eigenvalue weighted by Crippen LogP contribution is -2.47. The summed E-state index contributed by atoms with van der Waals surface area (Å²) in [5.74, 6) is -3.71. The lowest BCUT2D eigenvalue weighted by atomic mass is 9.91. The van der Waals surface area contributed by atoms with Crippen molar-refractivity contribution in [2.75, 3.05) is 25.9 Å². The Morgan fingerprint density at radius 2 is 1.88 bits per heavy atom. The van der Waals surface area contributed by atoms with Gasteiger partial charge in [0.05, 0.1) is 13.0 Å². The number of nitrogens with one attached hydrogen (secondary N) is 1. The van der Waals surface area contributed by atoms with E-state index in [1.165, 1.54) is 38.1 Å². The van der Waals surface area contributed by atoms with Crippen LogP contribution in [0.1, 0.15) is 36.8 Å². The normalized spacial score (nSPS) is 21.2. The van der Waals surface area contributed by atoms with Crippen molar-refractivity contribution in [2.24, 2.45) is 11.8 Å². The molecular formula is C28H34N2O9S. The molecule has 1 aliphatic rings. The van der Waals surface area contributed by atoms with Crippen LogP contribution in [0.2, 0.25) is 0 Å². The Hall–Kier alpha value is -3.80. The summed E-state index contributed by atoms with van der Waals surface area (Å²) in [7, 11) is 1.42. The first-order valence-corrected chi connectivity index (χ1v) is 14.1. The Morgan fingerprint density at radius 1 is 1.15 bits per heavy atom. The van der Waals surface area contributed by atoms with Crippen LogP contribution in [0.25, 0.3) is 0 Å². The minimum Gasteiger partial charge on any atom is -0.493 e. The van der Waals surface area contributed by atoms with E-state index < -0.39 is 60.5 Å². The molecule has 1 N–H and O–H groups in total. The van der Waals surface area contributed by atoms with Gasteiger partial charge in [0.25, 0.3) is 5.91 Å². The molecule has 1 unspecified atom stereocenters. The highest BCUT2D eigenvalue weighted by molar-refractivity contribution is 7.98. The van der Waals surface area contributed by atoms with Gasteiger partial charge in [0.1, 0.15) is 24.6 Å². The zero-order valence-corrected chi connectivity index (χ0v) is 23.9. The maximum absolute atomic E-state index is 13.4. The molecule has 4 atom stereocenters. The summed E-state index contributed by atoms with van der Waals surface area (Å²) in [5.41, 5.74) is 0.686. The van der Waals surface area contributed by atoms with E-state index >= 15 is 0 Å². The minimum atomic E-state index is -1.36. The van der Waals surface area contributed by atoms with Gasteiger partial charge in [-0.2, -0.15) is 0 Å². The van der Waals surface area contributed by atoms with Crippen LogP contribution in [0.3, 0.4) is 0 Å². The molecule has 40 heavy (non-hydrogen) atoms. The second-order valence-corrected chi connectivity index (χ2v) is 10.2. The number of methoxy groups -OCH3 is 1. The molecule has 0 bridgehead atoms. The number of rotatable bonds is 10. The molecule has 2 heterocycles. The van der Waals surface area contributed by atoms with Gasteiger partial charge in [0, 0.05) is 12.3 Å². The smallest absolute Gasteiger partial charge is 0.332 e. The lowest BCUT2D eigenvalue weighted by Gasteiger charge is -2.29. The minimum absolute atomic E-state index is 0.0993. The van der Waals surface area contributed by atoms with Gasteiger partial charge in [0.15, 0.2) is 29.3 Å². The maximum Gasteiger partial charge on any atom is 0.332 e. The van der Waals surface area contributed by atoms with Crippen LogP contribution in [0.5, 0.6) is 11.5 Å². The van der Waals surface area contributed by atoms with Gasteiger partial charge in [-0.3, -0.25) is 14.4 Å². The second kappa shape index (κ2) is 14.5. The average molecular weight is 575 g/mol. The van der Waals surface area contributed by atoms with Crippen molar-refractivity contribution < 1.29 is 42.9 Å². The average Bonchev–Trinajstić information content (AvgIpc) is 2.98. The monoisotopic (exact) mass is 574 g/mol. The Morgan fingerprint density at radius 3 is 2.52 bits per heavy atom. The van der Waals surface area contributed by atoms with Crippen LogP contribution in [0.4, 0.5) is 0 Å². The number of thioether (sulfide) groups is 1. The van der Waals surface area contributed by atoms with Crippen molar-refractivity contribution in [1.82, 2.24) is 10.3 Å². The second-order valence-electron chi connectivity index (χ2n) is 9.39. The fourth-order valence-corrected chi connectivity index (χ4v) is 4.22. The number of cyclic esters (lactones) is 2. The predicted octanol–water partition coefficient (Wildman–Crippen LogP) is 2.80. The molecule has 12 heteroatoms. The summed E-state index contributed by atoms with van der Waals surface area (Å²) in [6.07, 6.45) is 1.23. The van der Waals surface area contributed by atoms with Gasteiger partial charge in [-0.15, -0.1) is 11.8 Å². The zero-order valence-electron chi connectivity index (χ0n) is 23.1. The molecule has 0 aliphatic carbocycles. The molecule has 1 aliphatic heterocycles. The summed E-state index contributed by atoms with van der Waals surface area (Å²) in [5, 5.41) is 2.52. The fraction of sp³-hybridized carbons (Fsp3) is 0.464. The predicted molar refractivity (Wildman–Crippen MR) is 146 cm³/mol. The molecule has 2 aromatic rings. The van der Waals surface area contributed by atoms with Crippen LogP contribution >= 0.6 is 11.8 Å². The van der Waals surface area contributed by atoms with Gasteiger partial charge >= 0.3 is 17.9 Å². The third-order valence-corrected chi connectivity index (χ3v) is 6.45. The van der Waals surface area contributed by atoms with Crippen molar-refractivity contribution in [3.63, 3.8) is 0 Å². The quantitative estimate of drug-likeness (QED) is 0.255. The topological polar surface area (TPSA) is 139 Å². The van der Waals surface area contributed by atoms with Crippen LogP contribution < -0.4 is 14.8 Å². The van der Waals surface area contributed by atoms with Crippen molar-refractivity contribution >= 4 is 35.6 Å². The number of amides is 1. The van der Waals surface area contributed by atoms with E-state index in [-0.39, 0.29) is 29.6 Å². The summed E-state index contributed by atoms with van der Waals surface area (Å²) in [6, 6.07) is 9.33. The number of carbonyl (C=O) groups excluding carboxylic acids is 4. The Labute approximate surface area is 237 Å². The van der Waals surface area contributed by atoms with Gasteiger partial charge < -0.3 is 29.0 Å². The first kappa shape index (κ1) is 30.7. The number of hydrogen-bond acceptors (Lipinski definition) is 11. The Bertz CT molecular complexity index is 1190. The van der Waals surface area contributed by atoms with Gasteiger partial charge in [-0.1, -0.05) is 44.2 Å². The molecule has 3 rings (SSSR count). The number of aromatic nitrogens is 1. The molecule has 1 fully saturated rings. The third-order valence-electron chi connectivity index (χ3n) is 6.09. The molecule has 216 valence electrons. The van der Waals surface area contributed by atoms with E-state index in [9.17, 15) is 19.2 Å². The van der Waals surface area contributed by atoms with Crippen LogP contribution in [-0.2, 0) is 35.0 Å². The highest BCUT2D eigenvalue weighted by Gasteiger charge is 2.42. The van der Waals surface area contributed by atoms with Crippen molar-refractivity contribution in [3.05, 3.63) is 53.9 Å². The Kier molecular flexibility index (Phi) is 11.2. The summed E-state index contributed by atoms with van der Waals surface area (Å²) in [4.78, 5) is 56.4. The molecule has 0 spiro atoms. The Balaban J connectivity index is 1.88. The number of carbonyl (C=O) groups is 4. The molecule has 11 nitrogen and oxygen atoms in total. The van der Waals surface area contributed by atoms with Crippen LogP contribution in [-0.4, -0.2) is 73.0 Å². The van der Waals surface area contributed by atoms with Gasteiger partial charge in [0.2, 0.25) is 0 Å². The molecule has 0 saturated carbocycles. The van der Waals surface area contributed by atoms with Crippen molar-refractivity contribution in [3.8, 4) is 11.5 Å². The number of esters is 3. The van der Waals surface area contributed by atoms with E-state index in [4.69, 9.17) is 23.7 Å². The summed E-state index contributed by atoms with van der Waals surface area (Å²) >= 11 is 1.38. The molecule has 1 aromatic carbocycles. The summed E-state index contributed by atoms with van der Waals surface area (Å²) < 4.78 is 27.7. The lowest BCUT2D eigenvalue weighted by molar-refractivity contribution is -0.176. The largest absolute Gasteiger partial charge is 0.493 e. The number of benzene rings is 1. The van der Waals surface area contributed by atoms with E-state index in [0.717, 1.165) is 5.56 Å². The van der Waals surface area contributed by atoms with Crippen LogP contribution in [0, 0.1) is 11.8 Å². The molecule has 1 aromatic heterocycles. The zero-order chi connectivity index (χ0) is 29.2. The van der Waals surface area contributed by atoms with Gasteiger partial charge in [-0.05, 0) is 25.2 Å². The van der Waals surface area contributed by atoms with Crippen molar-refractivity contribution in [1.29, 1.82) is 0 Å². The first-order valence-electron chi connectivity index (χ1n) is 12.7. The number of hydrogen-bond donors (Lipinski definition) is 1. The summed E-state index contributed by atoms with van der Waals surface area (Å²) in [6.45, 7) is 4.35. The van der Waals surface area contributed by atoms with E-state index in [2.05, 4.69) is 10.3 Å². The number of pyridine rings is 1. The first-order chi connectivity index (χ1) is 19.2. The highest BCUT2D eigenvalue weighted by atomic mass is 32.2. The molecule has 1 saturated heterocycles. The van der Waals surface area contributed by atoms with E-state index in [1.807, 2.05) is 36.6 Å². The number of ether oxygens (including phenoxy) is 5. The SMILES string of the molecule is COc1ccnc(C(=O)N[C@H]2COC(=O)C(Cc3ccccc3)[C@@H](OC(=O)C(C)C)[C@H](C)OC2=O)c1OCSC. The molecular weight excluding hydrogens is 540 g/mol. The fourth-order valence-electron chi connectivity index (χ4n) is 3.99. The highest BCUT2D eigenvalue weighted by Crippen LogP contribution is 2.30. The van der Waals surface area contributed by atoms with E-state index in [1.54, 1.807) is 13.8 Å².